The Labute approximate surface area is 57.0 Å². The molecule has 0 aromatic rings. The highest BCUT2D eigenvalue weighted by molar-refractivity contribution is 5.64. The molecule has 66 valence electrons. The monoisotopic (exact) mass is 180 g/mol. The lowest BCUT2D eigenvalue weighted by atomic mass is 10.1. The van der Waals surface area contributed by atoms with Gasteiger partial charge in [0, 0.05) is 0 Å². The van der Waals surface area contributed by atoms with Crippen molar-refractivity contribution in [1.82, 2.24) is 0 Å². The molecule has 1 unspecified atom stereocenters. The predicted molar refractivity (Wildman–Crippen MR) is 22.0 cm³/mol. The zero-order valence-electron chi connectivity index (χ0n) is 4.83. The molecule has 0 aromatic heterocycles. The van der Waals surface area contributed by atoms with E-state index in [4.69, 9.17) is 0 Å². The second-order valence-corrected chi connectivity index (χ2v) is 1.68. The van der Waals surface area contributed by atoms with Crippen molar-refractivity contribution >= 4 is 6.29 Å². The Bertz CT molecular complexity index is 151. The van der Waals surface area contributed by atoms with Crippen molar-refractivity contribution in [2.45, 2.75) is 18.3 Å². The summed E-state index contributed by atoms with van der Waals surface area (Å²) >= 11 is 0. The molecule has 1 nitrogen and oxygen atoms in total. The van der Waals surface area contributed by atoms with Gasteiger partial charge in [0.2, 0.25) is 0 Å². The fourth-order valence-electron chi connectivity index (χ4n) is 0.242. The average Bonchev–Trinajstić information content (AvgIpc) is 1.83. The summed E-state index contributed by atoms with van der Waals surface area (Å²) in [5.74, 6) is 0. The summed E-state index contributed by atoms with van der Waals surface area (Å²) in [6.45, 7) is 0. The summed E-state index contributed by atoms with van der Waals surface area (Å²) in [5, 5.41) is 0. The molecule has 0 bridgehead atoms. The number of hydrogen-bond donors (Lipinski definition) is 0. The molecule has 0 amide bonds. The van der Waals surface area contributed by atoms with Gasteiger partial charge in [-0.15, -0.1) is 0 Å². The Morgan fingerprint density at radius 1 is 1.09 bits per heavy atom. The first-order valence-corrected chi connectivity index (χ1v) is 2.26. The molecule has 0 heterocycles. The van der Waals surface area contributed by atoms with Gasteiger partial charge in [0.25, 0.3) is 6.43 Å². The largest absolute Gasteiger partial charge is 0.435 e. The molecule has 0 saturated carbocycles. The van der Waals surface area contributed by atoms with E-state index in [0.29, 0.717) is 0 Å². The number of rotatable bonds is 2. The number of carbonyl (C=O) groups is 1. The lowest BCUT2D eigenvalue weighted by molar-refractivity contribution is -0.251. The van der Waals surface area contributed by atoms with Crippen LogP contribution in [0.4, 0.5) is 26.3 Å². The summed E-state index contributed by atoms with van der Waals surface area (Å²) < 4.78 is 68.2. The molecule has 0 spiro atoms. The second kappa shape index (κ2) is 2.71. The molecule has 0 rings (SSSR count). The van der Waals surface area contributed by atoms with Crippen LogP contribution in [0.3, 0.4) is 0 Å². The second-order valence-electron chi connectivity index (χ2n) is 1.68. The van der Waals surface area contributed by atoms with E-state index in [2.05, 4.69) is 0 Å². The van der Waals surface area contributed by atoms with Crippen molar-refractivity contribution in [2.24, 2.45) is 0 Å². The minimum atomic E-state index is -5.86. The van der Waals surface area contributed by atoms with E-state index in [-0.39, 0.29) is 0 Å². The number of halogens is 6. The van der Waals surface area contributed by atoms with Gasteiger partial charge in [0.15, 0.2) is 6.29 Å². The molecule has 0 aromatic carbocycles. The number of carbonyl (C=O) groups excluding carboxylic acids is 1. The van der Waals surface area contributed by atoms with E-state index < -0.39 is 24.6 Å². The average molecular weight is 180 g/mol. The van der Waals surface area contributed by atoms with Gasteiger partial charge < -0.3 is 0 Å². The first-order valence-electron chi connectivity index (χ1n) is 2.26. The van der Waals surface area contributed by atoms with Gasteiger partial charge in [-0.25, -0.2) is 13.2 Å². The molecule has 0 aliphatic heterocycles. The van der Waals surface area contributed by atoms with Gasteiger partial charge in [0.1, 0.15) is 0 Å². The Hall–Kier alpha value is -0.750. The molecule has 7 heteroatoms. The van der Waals surface area contributed by atoms with Crippen molar-refractivity contribution < 1.29 is 31.1 Å². The lowest BCUT2D eigenvalue weighted by Crippen LogP contribution is -2.48. The fraction of sp³-hybridized carbons (Fsp3) is 0.750. The molecule has 1 atom stereocenters. The topological polar surface area (TPSA) is 17.1 Å². The normalized spacial score (nSPS) is 18.1. The van der Waals surface area contributed by atoms with E-state index in [1.807, 2.05) is 0 Å². The van der Waals surface area contributed by atoms with Gasteiger partial charge in [-0.1, -0.05) is 0 Å². The van der Waals surface area contributed by atoms with Gasteiger partial charge in [-0.05, 0) is 0 Å². The van der Waals surface area contributed by atoms with E-state index in [0.717, 1.165) is 0 Å². The van der Waals surface area contributed by atoms with Gasteiger partial charge in [0.05, 0.1) is 0 Å². The highest BCUT2D eigenvalue weighted by Crippen LogP contribution is 2.36. The van der Waals surface area contributed by atoms with E-state index in [9.17, 15) is 31.1 Å². The highest BCUT2D eigenvalue weighted by atomic mass is 19.4. The van der Waals surface area contributed by atoms with E-state index in [1.54, 1.807) is 0 Å². The third kappa shape index (κ3) is 1.63. The molecule has 0 aliphatic carbocycles. The zero-order chi connectivity index (χ0) is 9.28. The predicted octanol–water partition coefficient (Wildman–Crippen LogP) is 1.72. The summed E-state index contributed by atoms with van der Waals surface area (Å²) in [4.78, 5) is 9.34. The van der Waals surface area contributed by atoms with Gasteiger partial charge in [-0.2, -0.15) is 13.2 Å². The molecular weight excluding hydrogens is 178 g/mol. The molecule has 11 heavy (non-hydrogen) atoms. The van der Waals surface area contributed by atoms with E-state index >= 15 is 0 Å². The maximum atomic E-state index is 11.9. The Morgan fingerprint density at radius 3 is 1.45 bits per heavy atom. The third-order valence-corrected chi connectivity index (χ3v) is 0.924. The fourth-order valence-corrected chi connectivity index (χ4v) is 0.242. The van der Waals surface area contributed by atoms with Crippen molar-refractivity contribution in [3.05, 3.63) is 0 Å². The third-order valence-electron chi connectivity index (χ3n) is 0.924. The number of aldehydes is 1. The minimum absolute atomic E-state index is 1.45. The van der Waals surface area contributed by atoms with Crippen LogP contribution in [-0.4, -0.2) is 24.6 Å². The standard InChI is InChI=1S/C4H2F6O/c5-2(6)3(7,1-11)4(8,9)10/h1-2H. The molecular formula is C4H2F6O. The Morgan fingerprint density at radius 2 is 1.45 bits per heavy atom. The maximum absolute atomic E-state index is 11.9. The molecule has 0 radical (unpaired) electrons. The smallest absolute Gasteiger partial charge is 0.299 e. The lowest BCUT2D eigenvalue weighted by Gasteiger charge is -2.20. The van der Waals surface area contributed by atoms with Crippen molar-refractivity contribution in [1.29, 1.82) is 0 Å². The van der Waals surface area contributed by atoms with Crippen LogP contribution in [0.2, 0.25) is 0 Å². The van der Waals surface area contributed by atoms with Gasteiger partial charge >= 0.3 is 11.8 Å². The molecule has 0 saturated heterocycles. The summed E-state index contributed by atoms with van der Waals surface area (Å²) in [6, 6.07) is 0. The molecule has 0 aliphatic rings. The number of hydrogen-bond acceptors (Lipinski definition) is 1. The van der Waals surface area contributed by atoms with Crippen LogP contribution in [0.5, 0.6) is 0 Å². The first kappa shape index (κ1) is 10.2. The van der Waals surface area contributed by atoms with Crippen LogP contribution >= 0.6 is 0 Å². The van der Waals surface area contributed by atoms with Crippen LogP contribution in [0.15, 0.2) is 0 Å². The van der Waals surface area contributed by atoms with Gasteiger partial charge in [-0.3, -0.25) is 4.79 Å². The first-order chi connectivity index (χ1) is 4.75. The van der Waals surface area contributed by atoms with E-state index in [1.165, 1.54) is 0 Å². The summed E-state index contributed by atoms with van der Waals surface area (Å²) in [7, 11) is 0. The minimum Gasteiger partial charge on any atom is -0.299 e. The summed E-state index contributed by atoms with van der Waals surface area (Å²) in [5.41, 5.74) is -5.03. The van der Waals surface area contributed by atoms with Crippen LogP contribution in [0.1, 0.15) is 0 Å². The van der Waals surface area contributed by atoms with Crippen LogP contribution in [-0.2, 0) is 4.79 Å². The number of alkyl halides is 6. The van der Waals surface area contributed by atoms with Crippen LogP contribution in [0, 0.1) is 0 Å². The Balaban J connectivity index is 4.75. The zero-order valence-corrected chi connectivity index (χ0v) is 4.83. The summed E-state index contributed by atoms with van der Waals surface area (Å²) in [6.07, 6.45) is -11.7. The molecule has 0 N–H and O–H groups in total. The molecule has 0 fully saturated rings. The van der Waals surface area contributed by atoms with Crippen molar-refractivity contribution in [3.63, 3.8) is 0 Å². The Kier molecular flexibility index (Phi) is 2.52. The SMILES string of the molecule is O=CC(F)(C(F)F)C(F)(F)F. The van der Waals surface area contributed by atoms with Crippen LogP contribution < -0.4 is 0 Å². The highest BCUT2D eigenvalue weighted by Gasteiger charge is 2.63. The quantitative estimate of drug-likeness (QED) is 0.467. The van der Waals surface area contributed by atoms with Crippen molar-refractivity contribution in [2.75, 3.05) is 0 Å². The maximum Gasteiger partial charge on any atom is 0.435 e. The van der Waals surface area contributed by atoms with Crippen LogP contribution in [0.25, 0.3) is 0 Å². The van der Waals surface area contributed by atoms with Crippen molar-refractivity contribution in [3.8, 4) is 0 Å².